The van der Waals surface area contributed by atoms with Crippen LogP contribution in [-0.2, 0) is 11.3 Å². The maximum atomic E-state index is 12.0. The van der Waals surface area contributed by atoms with Crippen LogP contribution in [-0.4, -0.2) is 28.3 Å². The molecule has 1 aromatic heterocycles. The molecule has 0 aromatic carbocycles. The maximum absolute atomic E-state index is 12.0. The molecule has 2 unspecified atom stereocenters. The van der Waals surface area contributed by atoms with Crippen molar-refractivity contribution >= 4 is 5.78 Å². The van der Waals surface area contributed by atoms with Crippen molar-refractivity contribution in [2.24, 2.45) is 5.92 Å². The number of nitriles is 1. The Balaban J connectivity index is 1.76. The number of hydrogen-bond donors (Lipinski definition) is 0. The molecule has 1 saturated heterocycles. The lowest BCUT2D eigenvalue weighted by atomic mass is 9.95. The summed E-state index contributed by atoms with van der Waals surface area (Å²) in [4.78, 5) is 18.5. The van der Waals surface area contributed by atoms with Crippen molar-refractivity contribution in [3.63, 3.8) is 0 Å². The number of carbonyl (C=O) groups is 1. The first kappa shape index (κ1) is 13.3. The van der Waals surface area contributed by atoms with Gasteiger partial charge in [-0.1, -0.05) is 6.07 Å². The van der Waals surface area contributed by atoms with Crippen LogP contribution in [0.25, 0.3) is 0 Å². The van der Waals surface area contributed by atoms with E-state index in [-0.39, 0.29) is 5.92 Å². The zero-order valence-electron chi connectivity index (χ0n) is 11.6. The van der Waals surface area contributed by atoms with Crippen molar-refractivity contribution in [3.05, 3.63) is 29.6 Å². The number of likely N-dealkylation sites (tertiary alicyclic amines) is 1. The molecular formula is C16H19N3O. The van der Waals surface area contributed by atoms with Gasteiger partial charge in [-0.2, -0.15) is 5.26 Å². The summed E-state index contributed by atoms with van der Waals surface area (Å²) in [5.41, 5.74) is 1.49. The number of carbonyl (C=O) groups excluding carboxylic acids is 1. The first-order valence-electron chi connectivity index (χ1n) is 7.40. The SMILES string of the molecule is N#Cc1ncccc1CN1CCCC1C1CCCC1=O. The number of ketones is 1. The third-order valence-corrected chi connectivity index (χ3v) is 4.60. The molecule has 1 aliphatic heterocycles. The van der Waals surface area contributed by atoms with E-state index in [1.54, 1.807) is 6.20 Å². The van der Waals surface area contributed by atoms with E-state index in [9.17, 15) is 4.79 Å². The first-order chi connectivity index (χ1) is 9.79. The normalized spacial score (nSPS) is 26.9. The van der Waals surface area contributed by atoms with Crippen LogP contribution in [0.4, 0.5) is 0 Å². The van der Waals surface area contributed by atoms with Crippen LogP contribution in [0.5, 0.6) is 0 Å². The second kappa shape index (κ2) is 5.72. The molecule has 2 atom stereocenters. The van der Waals surface area contributed by atoms with E-state index in [0.29, 0.717) is 17.5 Å². The lowest BCUT2D eigenvalue weighted by Gasteiger charge is -2.28. The number of rotatable bonds is 3. The second-order valence-electron chi connectivity index (χ2n) is 5.77. The molecule has 1 aromatic rings. The Kier molecular flexibility index (Phi) is 3.79. The molecule has 0 amide bonds. The quantitative estimate of drug-likeness (QED) is 0.844. The third kappa shape index (κ3) is 2.46. The summed E-state index contributed by atoms with van der Waals surface area (Å²) >= 11 is 0. The highest BCUT2D eigenvalue weighted by atomic mass is 16.1. The Morgan fingerprint density at radius 3 is 3.05 bits per heavy atom. The summed E-state index contributed by atoms with van der Waals surface area (Å²) in [6, 6.07) is 6.38. The van der Waals surface area contributed by atoms with Gasteiger partial charge in [-0.05, 0) is 38.3 Å². The Bertz CT molecular complexity index is 549. The van der Waals surface area contributed by atoms with Gasteiger partial charge in [0, 0.05) is 36.7 Å². The number of hydrogen-bond acceptors (Lipinski definition) is 4. The van der Waals surface area contributed by atoms with Gasteiger partial charge in [0.05, 0.1) is 0 Å². The predicted molar refractivity (Wildman–Crippen MR) is 74.7 cm³/mol. The summed E-state index contributed by atoms with van der Waals surface area (Å²) in [6.07, 6.45) is 6.76. The summed E-state index contributed by atoms with van der Waals surface area (Å²) in [7, 11) is 0. The zero-order chi connectivity index (χ0) is 13.9. The lowest BCUT2D eigenvalue weighted by molar-refractivity contribution is -0.122. The summed E-state index contributed by atoms with van der Waals surface area (Å²) in [6.45, 7) is 1.76. The summed E-state index contributed by atoms with van der Waals surface area (Å²) in [5, 5.41) is 9.13. The van der Waals surface area contributed by atoms with Crippen molar-refractivity contribution in [2.75, 3.05) is 6.54 Å². The van der Waals surface area contributed by atoms with Crippen molar-refractivity contribution in [1.82, 2.24) is 9.88 Å². The molecule has 1 aliphatic carbocycles. The van der Waals surface area contributed by atoms with Crippen LogP contribution in [0, 0.1) is 17.2 Å². The van der Waals surface area contributed by atoms with E-state index < -0.39 is 0 Å². The molecule has 2 heterocycles. The maximum Gasteiger partial charge on any atom is 0.144 e. The van der Waals surface area contributed by atoms with Gasteiger partial charge in [-0.3, -0.25) is 9.69 Å². The van der Waals surface area contributed by atoms with Crippen molar-refractivity contribution in [3.8, 4) is 6.07 Å². The van der Waals surface area contributed by atoms with Gasteiger partial charge < -0.3 is 0 Å². The number of pyridine rings is 1. The first-order valence-corrected chi connectivity index (χ1v) is 7.40. The van der Waals surface area contributed by atoms with Crippen molar-refractivity contribution in [2.45, 2.75) is 44.7 Å². The molecule has 4 nitrogen and oxygen atoms in total. The molecule has 2 aliphatic rings. The minimum Gasteiger partial charge on any atom is -0.299 e. The highest BCUT2D eigenvalue weighted by Crippen LogP contribution is 2.34. The molecule has 0 bridgehead atoms. The fraction of sp³-hybridized carbons (Fsp3) is 0.562. The Labute approximate surface area is 119 Å². The summed E-state index contributed by atoms with van der Waals surface area (Å²) in [5.74, 6) is 0.660. The highest BCUT2D eigenvalue weighted by Gasteiger charge is 2.38. The van der Waals surface area contributed by atoms with E-state index in [4.69, 9.17) is 5.26 Å². The average molecular weight is 269 g/mol. The fourth-order valence-corrected chi connectivity index (χ4v) is 3.64. The molecular weight excluding hydrogens is 250 g/mol. The average Bonchev–Trinajstić information content (AvgIpc) is 3.08. The predicted octanol–water partition coefficient (Wildman–Crippen LogP) is 2.29. The van der Waals surface area contributed by atoms with Gasteiger partial charge in [-0.25, -0.2) is 4.98 Å². The monoisotopic (exact) mass is 269 g/mol. The van der Waals surface area contributed by atoms with Crippen LogP contribution < -0.4 is 0 Å². The Morgan fingerprint density at radius 1 is 1.40 bits per heavy atom. The Hall–Kier alpha value is -1.73. The minimum atomic E-state index is 0.222. The van der Waals surface area contributed by atoms with Crippen molar-refractivity contribution < 1.29 is 4.79 Å². The van der Waals surface area contributed by atoms with Gasteiger partial charge in [-0.15, -0.1) is 0 Å². The molecule has 0 spiro atoms. The van der Waals surface area contributed by atoms with Crippen LogP contribution in [0.3, 0.4) is 0 Å². The molecule has 3 rings (SSSR count). The van der Waals surface area contributed by atoms with Gasteiger partial charge in [0.2, 0.25) is 0 Å². The van der Waals surface area contributed by atoms with Crippen LogP contribution in [0.1, 0.15) is 43.4 Å². The largest absolute Gasteiger partial charge is 0.299 e. The van der Waals surface area contributed by atoms with Crippen LogP contribution in [0.15, 0.2) is 18.3 Å². The fourth-order valence-electron chi connectivity index (χ4n) is 3.64. The molecule has 2 fully saturated rings. The minimum absolute atomic E-state index is 0.222. The van der Waals surface area contributed by atoms with Crippen molar-refractivity contribution in [1.29, 1.82) is 5.26 Å². The van der Waals surface area contributed by atoms with Gasteiger partial charge >= 0.3 is 0 Å². The second-order valence-corrected chi connectivity index (χ2v) is 5.77. The number of nitrogens with zero attached hydrogens (tertiary/aromatic N) is 3. The molecule has 0 radical (unpaired) electrons. The molecule has 4 heteroatoms. The van der Waals surface area contributed by atoms with Crippen LogP contribution in [0.2, 0.25) is 0 Å². The molecule has 20 heavy (non-hydrogen) atoms. The van der Waals surface area contributed by atoms with E-state index in [0.717, 1.165) is 50.8 Å². The van der Waals surface area contributed by atoms with E-state index in [2.05, 4.69) is 16.0 Å². The van der Waals surface area contributed by atoms with E-state index >= 15 is 0 Å². The zero-order valence-corrected chi connectivity index (χ0v) is 11.6. The van der Waals surface area contributed by atoms with Gasteiger partial charge in [0.25, 0.3) is 0 Å². The molecule has 1 saturated carbocycles. The van der Waals surface area contributed by atoms with E-state index in [1.165, 1.54) is 0 Å². The lowest BCUT2D eigenvalue weighted by Crippen LogP contribution is -2.37. The van der Waals surface area contributed by atoms with Crippen LogP contribution >= 0.6 is 0 Å². The summed E-state index contributed by atoms with van der Waals surface area (Å²) < 4.78 is 0. The smallest absolute Gasteiger partial charge is 0.144 e. The van der Waals surface area contributed by atoms with Gasteiger partial charge in [0.15, 0.2) is 0 Å². The standard InChI is InChI=1S/C16H19N3O/c17-10-14-12(4-2-8-18-14)11-19-9-3-6-15(19)13-5-1-7-16(13)20/h2,4,8,13,15H,1,3,5-7,9,11H2. The topological polar surface area (TPSA) is 57.0 Å². The molecule has 104 valence electrons. The Morgan fingerprint density at radius 2 is 2.30 bits per heavy atom. The van der Waals surface area contributed by atoms with Gasteiger partial charge in [0.1, 0.15) is 17.5 Å². The highest BCUT2D eigenvalue weighted by molar-refractivity contribution is 5.83. The number of Topliss-reactive ketones (excluding diaryl/α,β-unsaturated/α-hetero) is 1. The third-order valence-electron chi connectivity index (χ3n) is 4.60. The number of aromatic nitrogens is 1. The van der Waals surface area contributed by atoms with E-state index in [1.807, 2.05) is 12.1 Å². The molecule has 0 N–H and O–H groups in total.